The van der Waals surface area contributed by atoms with Crippen LogP contribution in [0.3, 0.4) is 0 Å². The van der Waals surface area contributed by atoms with E-state index in [1.165, 1.54) is 4.80 Å². The smallest absolute Gasteiger partial charge is 0.269 e. The Morgan fingerprint density at radius 1 is 1.41 bits per heavy atom. The van der Waals surface area contributed by atoms with Crippen LogP contribution in [0.25, 0.3) is 0 Å². The van der Waals surface area contributed by atoms with E-state index in [0.717, 1.165) is 16.4 Å². The van der Waals surface area contributed by atoms with Gasteiger partial charge in [0.2, 0.25) is 0 Å². The van der Waals surface area contributed by atoms with Gasteiger partial charge < -0.3 is 0 Å². The number of rotatable bonds is 5. The van der Waals surface area contributed by atoms with Gasteiger partial charge in [0.25, 0.3) is 11.9 Å². The molecule has 0 saturated heterocycles. The summed E-state index contributed by atoms with van der Waals surface area (Å²) in [5.74, 6) is -0.00923. The molecule has 0 aliphatic rings. The third kappa shape index (κ3) is 4.70. The molecule has 0 saturated carbocycles. The van der Waals surface area contributed by atoms with Crippen LogP contribution < -0.4 is 10.6 Å². The van der Waals surface area contributed by atoms with Gasteiger partial charge in [0.1, 0.15) is 0 Å². The Hall–Kier alpha value is -1.62. The average Bonchev–Trinajstić information content (AvgIpc) is 2.92. The number of thiocarbonyl (C=S) groups is 1. The van der Waals surface area contributed by atoms with Gasteiger partial charge in [0.05, 0.1) is 12.1 Å². The average molecular weight is 430 g/mol. The molecule has 0 radical (unpaired) electrons. The van der Waals surface area contributed by atoms with Crippen LogP contribution in [0.5, 0.6) is 0 Å². The van der Waals surface area contributed by atoms with Crippen molar-refractivity contribution < 1.29 is 4.79 Å². The summed E-state index contributed by atoms with van der Waals surface area (Å²) in [5, 5.41) is 17.3. The van der Waals surface area contributed by atoms with Crippen molar-refractivity contribution in [1.29, 1.82) is 0 Å². The van der Waals surface area contributed by atoms with Crippen molar-refractivity contribution in [1.82, 2.24) is 25.5 Å². The van der Waals surface area contributed by atoms with Gasteiger partial charge in [-0.05, 0) is 58.6 Å². The van der Waals surface area contributed by atoms with Crippen LogP contribution >= 0.6 is 34.8 Å². The second-order valence-electron chi connectivity index (χ2n) is 4.45. The van der Waals surface area contributed by atoms with Gasteiger partial charge in [-0.25, -0.2) is 0 Å². The van der Waals surface area contributed by atoms with E-state index in [-0.39, 0.29) is 17.0 Å². The maximum Gasteiger partial charge on any atom is 0.269 e. The molecular formula is C13H15IN6OS. The highest BCUT2D eigenvalue weighted by Crippen LogP contribution is 2.11. The Morgan fingerprint density at radius 2 is 2.18 bits per heavy atom. The van der Waals surface area contributed by atoms with Crippen LogP contribution in [0.15, 0.2) is 24.3 Å². The van der Waals surface area contributed by atoms with Crippen LogP contribution in [0.2, 0.25) is 0 Å². The predicted octanol–water partition coefficient (Wildman–Crippen LogP) is 2.20. The van der Waals surface area contributed by atoms with Crippen molar-refractivity contribution in [2.45, 2.75) is 26.3 Å². The molecule has 1 aromatic carbocycles. The summed E-state index contributed by atoms with van der Waals surface area (Å²) in [6.45, 7) is 2.79. The normalized spacial score (nSPS) is 10.3. The second kappa shape index (κ2) is 8.13. The molecule has 22 heavy (non-hydrogen) atoms. The Kier molecular flexibility index (Phi) is 6.19. The van der Waals surface area contributed by atoms with Crippen LogP contribution in [0.4, 0.5) is 5.95 Å². The number of amides is 1. The molecule has 0 spiro atoms. The van der Waals surface area contributed by atoms with Gasteiger partial charge in [0, 0.05) is 3.57 Å². The number of aryl methyl sites for hydroxylation is 1. The highest BCUT2D eigenvalue weighted by Gasteiger charge is 2.12. The number of unbranched alkanes of at least 4 members (excludes halogenated alkanes) is 1. The maximum atomic E-state index is 12.1. The molecule has 0 aliphatic heterocycles. The van der Waals surface area contributed by atoms with E-state index in [4.69, 9.17) is 12.2 Å². The third-order valence-corrected chi connectivity index (χ3v) is 3.88. The van der Waals surface area contributed by atoms with Crippen molar-refractivity contribution >= 4 is 51.8 Å². The summed E-state index contributed by atoms with van der Waals surface area (Å²) in [7, 11) is 0. The van der Waals surface area contributed by atoms with Crippen molar-refractivity contribution in [2.75, 3.05) is 5.32 Å². The van der Waals surface area contributed by atoms with Crippen LogP contribution in [-0.4, -0.2) is 31.2 Å². The van der Waals surface area contributed by atoms with E-state index in [1.54, 1.807) is 12.1 Å². The molecule has 0 fully saturated rings. The quantitative estimate of drug-likeness (QED) is 0.559. The fourth-order valence-electron chi connectivity index (χ4n) is 1.64. The van der Waals surface area contributed by atoms with Gasteiger partial charge in [-0.3, -0.25) is 15.4 Å². The molecule has 0 aliphatic carbocycles. The zero-order valence-electron chi connectivity index (χ0n) is 11.9. The lowest BCUT2D eigenvalue weighted by molar-refractivity contribution is 0.0977. The van der Waals surface area contributed by atoms with E-state index >= 15 is 0 Å². The zero-order valence-corrected chi connectivity index (χ0v) is 14.9. The number of benzene rings is 1. The lowest BCUT2D eigenvalue weighted by atomic mass is 10.2. The largest absolute Gasteiger partial charge is 0.299 e. The minimum Gasteiger partial charge on any atom is -0.299 e. The molecule has 0 bridgehead atoms. The molecule has 2 N–H and O–H groups in total. The number of anilines is 1. The molecule has 1 heterocycles. The summed E-state index contributed by atoms with van der Waals surface area (Å²) in [5.41, 5.74) is 0.562. The molecular weight excluding hydrogens is 415 g/mol. The van der Waals surface area contributed by atoms with Crippen molar-refractivity contribution in [2.24, 2.45) is 0 Å². The first-order valence-electron chi connectivity index (χ1n) is 6.75. The number of tetrazole rings is 1. The fourth-order valence-corrected chi connectivity index (χ4v) is 2.45. The first kappa shape index (κ1) is 16.7. The van der Waals surface area contributed by atoms with Gasteiger partial charge in [0.15, 0.2) is 5.11 Å². The predicted molar refractivity (Wildman–Crippen MR) is 95.6 cm³/mol. The van der Waals surface area contributed by atoms with Gasteiger partial charge in [-0.2, -0.15) is 4.80 Å². The summed E-state index contributed by atoms with van der Waals surface area (Å²) >= 11 is 7.19. The molecule has 9 heteroatoms. The molecule has 7 nitrogen and oxygen atoms in total. The van der Waals surface area contributed by atoms with E-state index < -0.39 is 0 Å². The summed E-state index contributed by atoms with van der Waals surface area (Å²) in [6.07, 6.45) is 2.03. The Bertz CT molecular complexity index is 674. The summed E-state index contributed by atoms with van der Waals surface area (Å²) in [4.78, 5) is 13.6. The van der Waals surface area contributed by atoms with Crippen molar-refractivity contribution in [3.8, 4) is 0 Å². The van der Waals surface area contributed by atoms with E-state index in [2.05, 4.69) is 55.6 Å². The minimum absolute atomic E-state index is 0.139. The number of nitrogens with one attached hydrogen (secondary N) is 2. The van der Waals surface area contributed by atoms with Crippen LogP contribution in [0, 0.1) is 3.57 Å². The third-order valence-electron chi connectivity index (χ3n) is 2.74. The number of halogens is 1. The van der Waals surface area contributed by atoms with Crippen molar-refractivity contribution in [3.63, 3.8) is 0 Å². The number of carbonyl (C=O) groups is 1. The SMILES string of the molecule is CCCCn1nnc(NC(=S)NC(=O)c2ccccc2I)n1. The highest BCUT2D eigenvalue weighted by atomic mass is 127. The Balaban J connectivity index is 1.91. The van der Waals surface area contributed by atoms with E-state index in [1.807, 2.05) is 12.1 Å². The minimum atomic E-state index is -0.277. The molecule has 0 atom stereocenters. The molecule has 2 rings (SSSR count). The first-order chi connectivity index (χ1) is 10.6. The zero-order chi connectivity index (χ0) is 15.9. The summed E-state index contributed by atoms with van der Waals surface area (Å²) in [6, 6.07) is 7.26. The van der Waals surface area contributed by atoms with Gasteiger partial charge in [-0.15, -0.1) is 5.10 Å². The number of hydrogen-bond acceptors (Lipinski definition) is 5. The lowest BCUT2D eigenvalue weighted by Crippen LogP contribution is -2.34. The standard InChI is InChI=1S/C13H15IN6OS/c1-2-3-8-20-18-12(17-19-20)16-13(22)15-11(21)9-6-4-5-7-10(9)14/h4-7H,2-3,8H2,1H3,(H2,15,16,18,21,22). The number of carbonyl (C=O) groups excluding carboxylic acids is 1. The molecule has 116 valence electrons. The maximum absolute atomic E-state index is 12.1. The Labute approximate surface area is 147 Å². The van der Waals surface area contributed by atoms with E-state index in [9.17, 15) is 4.79 Å². The molecule has 1 amide bonds. The number of nitrogens with zero attached hydrogens (tertiary/aromatic N) is 4. The number of hydrogen-bond donors (Lipinski definition) is 2. The lowest BCUT2D eigenvalue weighted by Gasteiger charge is -2.07. The fraction of sp³-hybridized carbons (Fsp3) is 0.308. The molecule has 0 unspecified atom stereocenters. The van der Waals surface area contributed by atoms with Crippen LogP contribution in [-0.2, 0) is 6.54 Å². The number of aromatic nitrogens is 4. The second-order valence-corrected chi connectivity index (χ2v) is 6.02. The highest BCUT2D eigenvalue weighted by molar-refractivity contribution is 14.1. The van der Waals surface area contributed by atoms with Gasteiger partial charge >= 0.3 is 0 Å². The van der Waals surface area contributed by atoms with Crippen molar-refractivity contribution in [3.05, 3.63) is 33.4 Å². The topological polar surface area (TPSA) is 84.7 Å². The summed E-state index contributed by atoms with van der Waals surface area (Å²) < 4.78 is 0.851. The van der Waals surface area contributed by atoms with Gasteiger partial charge in [-0.1, -0.05) is 30.6 Å². The Morgan fingerprint density at radius 3 is 2.91 bits per heavy atom. The first-order valence-corrected chi connectivity index (χ1v) is 8.23. The molecule has 1 aromatic heterocycles. The molecule has 2 aromatic rings. The van der Waals surface area contributed by atoms with Crippen LogP contribution in [0.1, 0.15) is 30.1 Å². The van der Waals surface area contributed by atoms with E-state index in [0.29, 0.717) is 12.1 Å². The monoisotopic (exact) mass is 430 g/mol.